The Morgan fingerprint density at radius 1 is 1.70 bits per heavy atom. The van der Waals surface area contributed by atoms with Crippen molar-refractivity contribution in [3.8, 4) is 0 Å². The molecule has 0 heterocycles. The zero-order chi connectivity index (χ0) is 8.20. The molecule has 4 nitrogen and oxygen atoms in total. The first kappa shape index (κ1) is 10.1. The summed E-state index contributed by atoms with van der Waals surface area (Å²) >= 11 is 0. The highest BCUT2D eigenvalue weighted by molar-refractivity contribution is 7.46. The minimum absolute atomic E-state index is 0.0644. The van der Waals surface area contributed by atoms with Crippen molar-refractivity contribution in [1.29, 1.82) is 0 Å². The normalized spacial score (nSPS) is 12.5. The monoisotopic (exact) mass is 167 g/mol. The quantitative estimate of drug-likeness (QED) is 0.612. The fraction of sp³-hybridized carbons (Fsp3) is 0.800. The van der Waals surface area contributed by atoms with Gasteiger partial charge < -0.3 is 9.79 Å². The van der Waals surface area contributed by atoms with E-state index < -0.39 is 7.82 Å². The molecule has 0 fully saturated rings. The molecule has 0 aliphatic rings. The smallest absolute Gasteiger partial charge is 0.303 e. The van der Waals surface area contributed by atoms with Gasteiger partial charge >= 0.3 is 7.82 Å². The van der Waals surface area contributed by atoms with Gasteiger partial charge in [0.25, 0.3) is 0 Å². The lowest BCUT2D eigenvalue weighted by atomic mass is 10.2. The molecule has 0 aromatic carbocycles. The number of phosphoric acid groups is 1. The van der Waals surface area contributed by atoms with Gasteiger partial charge in [-0.15, -0.1) is 0 Å². The molecule has 0 spiro atoms. The summed E-state index contributed by atoms with van der Waals surface area (Å²) in [6.07, 6.45) is 0.561. The molecule has 10 heavy (non-hydrogen) atoms. The number of hydrogen-bond donors (Lipinski definition) is 2. The van der Waals surface area contributed by atoms with Gasteiger partial charge in [0.05, 0.1) is 6.61 Å². The van der Waals surface area contributed by atoms with E-state index >= 15 is 0 Å². The maximum absolute atomic E-state index is 10.1. The molecule has 2 N–H and O–H groups in total. The van der Waals surface area contributed by atoms with E-state index in [4.69, 9.17) is 9.79 Å². The van der Waals surface area contributed by atoms with Gasteiger partial charge in [0.1, 0.15) is 0 Å². The van der Waals surface area contributed by atoms with Crippen LogP contribution in [-0.4, -0.2) is 16.4 Å². The molecular formula is C5H12O4P. The summed E-state index contributed by atoms with van der Waals surface area (Å²) in [5, 5.41) is 0. The fourth-order valence-corrected chi connectivity index (χ4v) is 0.716. The Labute approximate surface area is 60.5 Å². The van der Waals surface area contributed by atoms with Crippen LogP contribution in [0.3, 0.4) is 0 Å². The topological polar surface area (TPSA) is 66.8 Å². The van der Waals surface area contributed by atoms with Crippen LogP contribution in [0.15, 0.2) is 0 Å². The highest BCUT2D eigenvalue weighted by Crippen LogP contribution is 2.35. The fourth-order valence-electron chi connectivity index (χ4n) is 0.373. The van der Waals surface area contributed by atoms with Crippen LogP contribution in [0.4, 0.5) is 0 Å². The molecule has 61 valence electrons. The summed E-state index contributed by atoms with van der Waals surface area (Å²) in [5.74, 6) is 0.159. The zero-order valence-electron chi connectivity index (χ0n) is 5.86. The average Bonchev–Trinajstić information content (AvgIpc) is 1.59. The number of hydrogen-bond acceptors (Lipinski definition) is 2. The van der Waals surface area contributed by atoms with Gasteiger partial charge in [-0.3, -0.25) is 4.52 Å². The van der Waals surface area contributed by atoms with Gasteiger partial charge in [0, 0.05) is 0 Å². The van der Waals surface area contributed by atoms with E-state index in [0.717, 1.165) is 0 Å². The van der Waals surface area contributed by atoms with E-state index in [1.165, 1.54) is 0 Å². The number of rotatable bonds is 4. The van der Waals surface area contributed by atoms with Crippen molar-refractivity contribution in [3.63, 3.8) is 0 Å². The first-order chi connectivity index (χ1) is 4.42. The largest absolute Gasteiger partial charge is 0.469 e. The molecule has 0 bridgehead atoms. The zero-order valence-corrected chi connectivity index (χ0v) is 6.75. The molecule has 0 saturated heterocycles. The summed E-state index contributed by atoms with van der Waals surface area (Å²) in [7, 11) is -4.25. The van der Waals surface area contributed by atoms with E-state index in [1.807, 2.05) is 6.92 Å². The summed E-state index contributed by atoms with van der Waals surface area (Å²) in [6, 6.07) is 0. The first-order valence-electron chi connectivity index (χ1n) is 2.95. The maximum atomic E-state index is 10.1. The van der Waals surface area contributed by atoms with Crippen LogP contribution in [-0.2, 0) is 9.09 Å². The molecule has 0 amide bonds. The average molecular weight is 167 g/mol. The van der Waals surface area contributed by atoms with Gasteiger partial charge in [0.2, 0.25) is 0 Å². The third-order valence-corrected chi connectivity index (χ3v) is 1.39. The molecule has 1 atom stereocenters. The number of phosphoric ester groups is 1. The molecule has 0 saturated carbocycles. The van der Waals surface area contributed by atoms with Crippen molar-refractivity contribution in [2.24, 2.45) is 5.92 Å². The summed E-state index contributed by atoms with van der Waals surface area (Å²) in [6.45, 7) is 5.54. The van der Waals surface area contributed by atoms with E-state index in [-0.39, 0.29) is 12.5 Å². The lowest BCUT2D eigenvalue weighted by Gasteiger charge is -2.05. The highest BCUT2D eigenvalue weighted by Gasteiger charge is 2.12. The summed E-state index contributed by atoms with van der Waals surface area (Å²) in [4.78, 5) is 16.4. The van der Waals surface area contributed by atoms with Crippen LogP contribution in [0.2, 0.25) is 0 Å². The standard InChI is InChI=1S/C5H12O4P/c1-5(2)3-4-9-10(6,7)8/h5H,1,3-4H2,2H3,(H2,6,7,8). The van der Waals surface area contributed by atoms with Gasteiger partial charge in [-0.2, -0.15) is 0 Å². The van der Waals surface area contributed by atoms with Gasteiger partial charge in [-0.05, 0) is 12.3 Å². The molecule has 0 aliphatic heterocycles. The van der Waals surface area contributed by atoms with E-state index in [1.54, 1.807) is 0 Å². The second kappa shape index (κ2) is 4.09. The van der Waals surface area contributed by atoms with Crippen LogP contribution in [0.5, 0.6) is 0 Å². The molecule has 0 rings (SSSR count). The van der Waals surface area contributed by atoms with Gasteiger partial charge in [-0.25, -0.2) is 4.57 Å². The Morgan fingerprint density at radius 2 is 2.20 bits per heavy atom. The minimum atomic E-state index is -4.25. The lowest BCUT2D eigenvalue weighted by Crippen LogP contribution is -1.96. The van der Waals surface area contributed by atoms with Gasteiger partial charge in [-0.1, -0.05) is 13.8 Å². The van der Waals surface area contributed by atoms with Crippen molar-refractivity contribution in [2.75, 3.05) is 6.61 Å². The third-order valence-electron chi connectivity index (χ3n) is 0.870. The Morgan fingerprint density at radius 3 is 2.50 bits per heavy atom. The van der Waals surface area contributed by atoms with Crippen LogP contribution in [0.1, 0.15) is 13.3 Å². The first-order valence-corrected chi connectivity index (χ1v) is 4.48. The van der Waals surface area contributed by atoms with E-state index in [0.29, 0.717) is 6.42 Å². The highest BCUT2D eigenvalue weighted by atomic mass is 31.2. The second-order valence-corrected chi connectivity index (χ2v) is 3.46. The SMILES string of the molecule is [CH2]C(C)CCOP(=O)(O)O. The molecule has 0 aromatic rings. The Balaban J connectivity index is 3.30. The van der Waals surface area contributed by atoms with Crippen LogP contribution >= 0.6 is 7.82 Å². The van der Waals surface area contributed by atoms with Crippen molar-refractivity contribution >= 4 is 7.82 Å². The Hall–Kier alpha value is 0.110. The molecule has 0 aliphatic carbocycles. The molecule has 0 aromatic heterocycles. The predicted molar refractivity (Wildman–Crippen MR) is 37.1 cm³/mol. The molecule has 1 unspecified atom stereocenters. The van der Waals surface area contributed by atoms with Crippen LogP contribution in [0, 0.1) is 12.8 Å². The van der Waals surface area contributed by atoms with Crippen molar-refractivity contribution in [2.45, 2.75) is 13.3 Å². The van der Waals surface area contributed by atoms with Gasteiger partial charge in [0.15, 0.2) is 0 Å². The lowest BCUT2D eigenvalue weighted by molar-refractivity contribution is 0.190. The third kappa shape index (κ3) is 8.11. The predicted octanol–water partition coefficient (Wildman–Crippen LogP) is 0.956. The van der Waals surface area contributed by atoms with E-state index in [9.17, 15) is 4.57 Å². The molecule has 5 heteroatoms. The van der Waals surface area contributed by atoms with Crippen LogP contribution < -0.4 is 0 Å². The van der Waals surface area contributed by atoms with Crippen LogP contribution in [0.25, 0.3) is 0 Å². The molecular weight excluding hydrogens is 155 g/mol. The molecule has 1 radical (unpaired) electrons. The Bertz CT molecular complexity index is 128. The van der Waals surface area contributed by atoms with Crippen molar-refractivity contribution in [1.82, 2.24) is 0 Å². The van der Waals surface area contributed by atoms with Crippen molar-refractivity contribution < 1.29 is 18.9 Å². The summed E-state index contributed by atoms with van der Waals surface area (Å²) in [5.41, 5.74) is 0. The minimum Gasteiger partial charge on any atom is -0.303 e. The second-order valence-electron chi connectivity index (χ2n) is 2.22. The van der Waals surface area contributed by atoms with E-state index in [2.05, 4.69) is 11.4 Å². The Kier molecular flexibility index (Phi) is 4.13. The summed E-state index contributed by atoms with van der Waals surface area (Å²) < 4.78 is 14.2. The van der Waals surface area contributed by atoms with Crippen molar-refractivity contribution in [3.05, 3.63) is 6.92 Å². The maximum Gasteiger partial charge on any atom is 0.469 e.